The maximum Gasteiger partial charge on any atom is 0.230 e. The van der Waals surface area contributed by atoms with Gasteiger partial charge in [0.25, 0.3) is 0 Å². The van der Waals surface area contributed by atoms with Crippen LogP contribution in [0.3, 0.4) is 0 Å². The maximum atomic E-state index is 5.68. The zero-order valence-corrected chi connectivity index (χ0v) is 14.8. The van der Waals surface area contributed by atoms with E-state index in [9.17, 15) is 0 Å². The van der Waals surface area contributed by atoms with Crippen LogP contribution in [-0.4, -0.2) is 77.5 Å². The van der Waals surface area contributed by atoms with Crippen LogP contribution in [0, 0.1) is 6.92 Å². The second-order valence-electron chi connectivity index (χ2n) is 6.19. The molecular weight excluding hydrogens is 336 g/mol. The molecule has 0 aromatic carbocycles. The monoisotopic (exact) mass is 358 g/mol. The van der Waals surface area contributed by atoms with Crippen LogP contribution in [0.5, 0.6) is 0 Å². The van der Waals surface area contributed by atoms with E-state index in [-0.39, 0.29) is 5.95 Å². The number of nitrogen functional groups attached to an aromatic ring is 1. The zero-order chi connectivity index (χ0) is 17.9. The molecule has 2 aromatic rings. The topological polar surface area (TPSA) is 115 Å². The van der Waals surface area contributed by atoms with Gasteiger partial charge in [0.1, 0.15) is 0 Å². The summed E-state index contributed by atoms with van der Waals surface area (Å²) < 4.78 is 10.9. The predicted molar refractivity (Wildman–Crippen MR) is 96.1 cm³/mol. The largest absolute Gasteiger partial charge is 0.378 e. The first-order valence-electron chi connectivity index (χ1n) is 8.71. The molecule has 2 fully saturated rings. The third-order valence-corrected chi connectivity index (χ3v) is 4.44. The van der Waals surface area contributed by atoms with Crippen molar-refractivity contribution in [2.24, 2.45) is 0 Å². The molecule has 138 valence electrons. The molecule has 2 aliphatic heterocycles. The fourth-order valence-electron chi connectivity index (χ4n) is 2.99. The number of aryl methyl sites for hydroxylation is 1. The van der Waals surface area contributed by atoms with Crippen LogP contribution in [0.15, 0.2) is 6.20 Å². The normalized spacial score (nSPS) is 18.2. The third kappa shape index (κ3) is 3.51. The van der Waals surface area contributed by atoms with Gasteiger partial charge in [-0.2, -0.15) is 15.0 Å². The Kier molecular flexibility index (Phi) is 4.76. The molecule has 10 heteroatoms. The molecule has 26 heavy (non-hydrogen) atoms. The minimum Gasteiger partial charge on any atom is -0.378 e. The van der Waals surface area contributed by atoms with Crippen LogP contribution in [-0.2, 0) is 9.47 Å². The van der Waals surface area contributed by atoms with Crippen molar-refractivity contribution in [3.8, 4) is 11.4 Å². The Morgan fingerprint density at radius 2 is 1.38 bits per heavy atom. The molecule has 0 radical (unpaired) electrons. The van der Waals surface area contributed by atoms with Gasteiger partial charge in [0.2, 0.25) is 17.8 Å². The summed E-state index contributed by atoms with van der Waals surface area (Å²) in [4.78, 5) is 26.6. The second kappa shape index (κ2) is 7.34. The molecule has 2 aromatic heterocycles. The van der Waals surface area contributed by atoms with Gasteiger partial charge < -0.3 is 25.0 Å². The van der Waals surface area contributed by atoms with E-state index in [1.165, 1.54) is 0 Å². The lowest BCUT2D eigenvalue weighted by molar-refractivity contribution is 0.121. The lowest BCUT2D eigenvalue weighted by Crippen LogP contribution is -2.40. The van der Waals surface area contributed by atoms with Gasteiger partial charge in [0.05, 0.1) is 37.7 Å². The molecule has 2 aliphatic rings. The first-order chi connectivity index (χ1) is 12.7. The Balaban J connectivity index is 1.76. The van der Waals surface area contributed by atoms with Crippen LogP contribution < -0.4 is 15.5 Å². The number of rotatable bonds is 3. The molecule has 0 amide bonds. The number of anilines is 3. The number of morpholine rings is 2. The van der Waals surface area contributed by atoms with Gasteiger partial charge in [0, 0.05) is 32.4 Å². The Hall–Kier alpha value is -2.59. The summed E-state index contributed by atoms with van der Waals surface area (Å²) in [6.45, 7) is 7.55. The lowest BCUT2D eigenvalue weighted by atomic mass is 10.2. The SMILES string of the molecule is Cc1nc(N)ncc1-c1nc(N2CCOCC2)nc(N2CCOCC2)n1. The standard InChI is InChI=1S/C16H22N8O2/c1-11-12(10-18-14(17)19-11)13-20-15(23-2-6-25-7-3-23)22-16(21-13)24-4-8-26-9-5-24/h10H,2-9H2,1H3,(H2,17,18,19). The lowest BCUT2D eigenvalue weighted by Gasteiger charge is -2.30. The number of aromatic nitrogens is 5. The van der Waals surface area contributed by atoms with Crippen LogP contribution in [0.25, 0.3) is 11.4 Å². The van der Waals surface area contributed by atoms with Crippen molar-refractivity contribution in [1.29, 1.82) is 0 Å². The van der Waals surface area contributed by atoms with Gasteiger partial charge in [-0.15, -0.1) is 0 Å². The summed E-state index contributed by atoms with van der Waals surface area (Å²) >= 11 is 0. The van der Waals surface area contributed by atoms with Crippen LogP contribution in [0.2, 0.25) is 0 Å². The van der Waals surface area contributed by atoms with Crippen LogP contribution in [0.1, 0.15) is 5.69 Å². The van der Waals surface area contributed by atoms with Gasteiger partial charge in [-0.05, 0) is 6.92 Å². The van der Waals surface area contributed by atoms with E-state index in [1.54, 1.807) is 6.20 Å². The summed E-state index contributed by atoms with van der Waals surface area (Å²) in [6.07, 6.45) is 1.67. The van der Waals surface area contributed by atoms with E-state index >= 15 is 0 Å². The number of hydrogen-bond donors (Lipinski definition) is 1. The third-order valence-electron chi connectivity index (χ3n) is 4.44. The number of nitrogens with zero attached hydrogens (tertiary/aromatic N) is 7. The fraction of sp³-hybridized carbons (Fsp3) is 0.562. The highest BCUT2D eigenvalue weighted by atomic mass is 16.5. The maximum absolute atomic E-state index is 5.68. The zero-order valence-electron chi connectivity index (χ0n) is 14.8. The fourth-order valence-corrected chi connectivity index (χ4v) is 2.99. The van der Waals surface area contributed by atoms with E-state index in [2.05, 4.69) is 29.7 Å². The second-order valence-corrected chi connectivity index (χ2v) is 6.19. The Morgan fingerprint density at radius 1 is 0.846 bits per heavy atom. The molecule has 0 saturated carbocycles. The van der Waals surface area contributed by atoms with E-state index in [0.29, 0.717) is 44.1 Å². The molecule has 2 N–H and O–H groups in total. The molecule has 10 nitrogen and oxygen atoms in total. The molecule has 4 heterocycles. The van der Waals surface area contributed by atoms with Crippen molar-refractivity contribution in [3.05, 3.63) is 11.9 Å². The smallest absolute Gasteiger partial charge is 0.230 e. The molecule has 2 saturated heterocycles. The van der Waals surface area contributed by atoms with Gasteiger partial charge in [-0.1, -0.05) is 0 Å². The summed E-state index contributed by atoms with van der Waals surface area (Å²) in [5.74, 6) is 2.09. The first-order valence-corrected chi connectivity index (χ1v) is 8.71. The molecule has 0 unspecified atom stereocenters. The van der Waals surface area contributed by atoms with Crippen molar-refractivity contribution < 1.29 is 9.47 Å². The molecule has 4 rings (SSSR count). The van der Waals surface area contributed by atoms with Gasteiger partial charge in [-0.25, -0.2) is 9.97 Å². The summed E-state index contributed by atoms with van der Waals surface area (Å²) in [5.41, 5.74) is 7.18. The molecule has 0 aliphatic carbocycles. The number of ether oxygens (including phenoxy) is 2. The van der Waals surface area contributed by atoms with Crippen molar-refractivity contribution in [2.45, 2.75) is 6.92 Å². The number of hydrogen-bond acceptors (Lipinski definition) is 10. The van der Waals surface area contributed by atoms with Gasteiger partial charge >= 0.3 is 0 Å². The van der Waals surface area contributed by atoms with Crippen LogP contribution in [0.4, 0.5) is 17.8 Å². The minimum atomic E-state index is 0.238. The average Bonchev–Trinajstić information content (AvgIpc) is 2.69. The quantitative estimate of drug-likeness (QED) is 0.797. The Bertz CT molecular complexity index is 739. The van der Waals surface area contributed by atoms with Gasteiger partial charge in [0.15, 0.2) is 5.82 Å². The van der Waals surface area contributed by atoms with E-state index in [4.69, 9.17) is 20.2 Å². The van der Waals surface area contributed by atoms with Gasteiger partial charge in [-0.3, -0.25) is 0 Å². The van der Waals surface area contributed by atoms with E-state index in [1.807, 2.05) is 6.92 Å². The highest BCUT2D eigenvalue weighted by Crippen LogP contribution is 2.24. The van der Waals surface area contributed by atoms with Crippen molar-refractivity contribution >= 4 is 17.8 Å². The average molecular weight is 358 g/mol. The molecule has 0 atom stereocenters. The molecule has 0 spiro atoms. The Labute approximate surface area is 151 Å². The molecular formula is C16H22N8O2. The first kappa shape index (κ1) is 16.9. The van der Waals surface area contributed by atoms with E-state index in [0.717, 1.165) is 37.4 Å². The van der Waals surface area contributed by atoms with Crippen molar-refractivity contribution in [3.63, 3.8) is 0 Å². The number of nitrogens with two attached hydrogens (primary N) is 1. The van der Waals surface area contributed by atoms with Crippen molar-refractivity contribution in [1.82, 2.24) is 24.9 Å². The summed E-state index contributed by atoms with van der Waals surface area (Å²) in [7, 11) is 0. The van der Waals surface area contributed by atoms with Crippen LogP contribution >= 0.6 is 0 Å². The van der Waals surface area contributed by atoms with Crippen molar-refractivity contribution in [2.75, 3.05) is 68.1 Å². The van der Waals surface area contributed by atoms with E-state index < -0.39 is 0 Å². The highest BCUT2D eigenvalue weighted by Gasteiger charge is 2.22. The summed E-state index contributed by atoms with van der Waals surface area (Å²) in [5, 5.41) is 0. The highest BCUT2D eigenvalue weighted by molar-refractivity contribution is 5.60. The Morgan fingerprint density at radius 3 is 1.88 bits per heavy atom. The molecule has 0 bridgehead atoms. The minimum absolute atomic E-state index is 0.238. The predicted octanol–water partition coefficient (Wildman–Crippen LogP) is -0.108. The summed E-state index contributed by atoms with van der Waals surface area (Å²) in [6, 6.07) is 0.